The Balaban J connectivity index is 1.28. The van der Waals surface area contributed by atoms with Crippen LogP contribution >= 0.6 is 23.2 Å². The van der Waals surface area contributed by atoms with Gasteiger partial charge in [0.2, 0.25) is 5.91 Å². The van der Waals surface area contributed by atoms with E-state index in [9.17, 15) is 14.4 Å². The number of anilines is 1. The maximum absolute atomic E-state index is 12.8. The van der Waals surface area contributed by atoms with Gasteiger partial charge in [0.15, 0.2) is 0 Å². The van der Waals surface area contributed by atoms with Crippen LogP contribution in [0.15, 0.2) is 36.5 Å². The van der Waals surface area contributed by atoms with E-state index in [1.54, 1.807) is 40.1 Å². The van der Waals surface area contributed by atoms with Crippen molar-refractivity contribution < 1.29 is 19.1 Å². The summed E-state index contributed by atoms with van der Waals surface area (Å²) >= 11 is 12.0. The van der Waals surface area contributed by atoms with Gasteiger partial charge in [-0.2, -0.15) is 0 Å². The van der Waals surface area contributed by atoms with Crippen LogP contribution in [0.3, 0.4) is 0 Å². The van der Waals surface area contributed by atoms with Gasteiger partial charge in [-0.15, -0.1) is 0 Å². The Morgan fingerprint density at radius 1 is 1.03 bits per heavy atom. The largest absolute Gasteiger partial charge is 0.445 e. The first-order valence-corrected chi connectivity index (χ1v) is 10.9. The number of amides is 3. The number of hydrogen-bond acceptors (Lipinski definition) is 5. The smallest absolute Gasteiger partial charge is 0.410 e. The number of rotatable bonds is 4. The Hall–Kier alpha value is -2.84. The monoisotopic (exact) mass is 476 g/mol. The lowest BCUT2D eigenvalue weighted by molar-refractivity contribution is -0.114. The van der Waals surface area contributed by atoms with Gasteiger partial charge in [0.25, 0.3) is 5.91 Å². The lowest BCUT2D eigenvalue weighted by atomic mass is 10.0. The number of nitrogens with one attached hydrogen (secondary N) is 1. The van der Waals surface area contributed by atoms with Crippen molar-refractivity contribution in [1.82, 2.24) is 14.8 Å². The summed E-state index contributed by atoms with van der Waals surface area (Å²) in [5.74, 6) is 0.0509. The van der Waals surface area contributed by atoms with Crippen molar-refractivity contribution in [3.8, 4) is 0 Å². The van der Waals surface area contributed by atoms with Crippen LogP contribution in [0, 0.1) is 11.8 Å². The number of hydrogen-bond donors (Lipinski definition) is 1. The summed E-state index contributed by atoms with van der Waals surface area (Å²) in [6.45, 7) is 3.71. The normalized spacial score (nSPS) is 19.6. The molecule has 1 aromatic carbocycles. The third kappa shape index (κ3) is 5.14. The molecule has 1 aromatic heterocycles. The fourth-order valence-electron chi connectivity index (χ4n) is 4.20. The lowest BCUT2D eigenvalue weighted by Gasteiger charge is -2.21. The number of fused-ring (bicyclic) bond motifs is 1. The summed E-state index contributed by atoms with van der Waals surface area (Å²) in [5.41, 5.74) is 1.60. The molecule has 32 heavy (non-hydrogen) atoms. The van der Waals surface area contributed by atoms with Gasteiger partial charge in [0.05, 0.1) is 11.9 Å². The van der Waals surface area contributed by atoms with Crippen molar-refractivity contribution in [1.29, 1.82) is 0 Å². The molecule has 2 aromatic rings. The van der Waals surface area contributed by atoms with E-state index in [2.05, 4.69) is 10.3 Å². The molecule has 0 saturated carbocycles. The maximum Gasteiger partial charge on any atom is 0.410 e. The second kappa shape index (κ2) is 9.34. The Morgan fingerprint density at radius 3 is 2.22 bits per heavy atom. The molecular formula is C22H22Cl2N4O4. The number of benzene rings is 1. The van der Waals surface area contributed by atoms with E-state index < -0.39 is 0 Å². The fourth-order valence-corrected chi connectivity index (χ4v) is 4.77. The summed E-state index contributed by atoms with van der Waals surface area (Å²) in [5, 5.41) is 3.60. The zero-order valence-corrected chi connectivity index (χ0v) is 18.9. The van der Waals surface area contributed by atoms with Crippen molar-refractivity contribution in [3.63, 3.8) is 0 Å². The van der Waals surface area contributed by atoms with Crippen molar-refractivity contribution in [2.75, 3.05) is 31.5 Å². The van der Waals surface area contributed by atoms with E-state index >= 15 is 0 Å². The van der Waals surface area contributed by atoms with Crippen molar-refractivity contribution in [2.24, 2.45) is 11.8 Å². The van der Waals surface area contributed by atoms with Gasteiger partial charge >= 0.3 is 6.09 Å². The van der Waals surface area contributed by atoms with Crippen LogP contribution in [0.1, 0.15) is 23.0 Å². The van der Waals surface area contributed by atoms with Gasteiger partial charge in [-0.3, -0.25) is 9.59 Å². The van der Waals surface area contributed by atoms with E-state index in [0.29, 0.717) is 47.6 Å². The molecule has 0 bridgehead atoms. The first-order chi connectivity index (χ1) is 15.3. The van der Waals surface area contributed by atoms with Gasteiger partial charge in [-0.05, 0) is 35.9 Å². The Kier molecular flexibility index (Phi) is 6.53. The maximum atomic E-state index is 12.8. The van der Waals surface area contributed by atoms with E-state index in [1.165, 1.54) is 13.1 Å². The van der Waals surface area contributed by atoms with Crippen LogP contribution in [0.2, 0.25) is 10.0 Å². The van der Waals surface area contributed by atoms with Gasteiger partial charge in [0, 0.05) is 55.0 Å². The SMILES string of the molecule is CC(=O)Nc1ccc(C(=O)N2CC3CN(C(=O)OCc4cc(Cl)cc(Cl)c4)CC3C2)nc1. The molecule has 168 valence electrons. The summed E-state index contributed by atoms with van der Waals surface area (Å²) in [7, 11) is 0. The van der Waals surface area contributed by atoms with Crippen LogP contribution in [0.5, 0.6) is 0 Å². The molecular weight excluding hydrogens is 455 g/mol. The quantitative estimate of drug-likeness (QED) is 0.726. The minimum absolute atomic E-state index is 0.0930. The molecule has 2 aliphatic heterocycles. The van der Waals surface area contributed by atoms with E-state index in [1.807, 2.05) is 0 Å². The van der Waals surface area contributed by atoms with Crippen LogP contribution in [-0.4, -0.2) is 58.9 Å². The fraction of sp³-hybridized carbons (Fsp3) is 0.364. The molecule has 0 radical (unpaired) electrons. The highest BCUT2D eigenvalue weighted by atomic mass is 35.5. The van der Waals surface area contributed by atoms with E-state index in [0.717, 1.165) is 5.56 Å². The molecule has 2 unspecified atom stereocenters. The number of carbonyl (C=O) groups excluding carboxylic acids is 3. The van der Waals surface area contributed by atoms with Gasteiger partial charge in [0.1, 0.15) is 12.3 Å². The summed E-state index contributed by atoms with van der Waals surface area (Å²) < 4.78 is 5.42. The van der Waals surface area contributed by atoms with E-state index in [-0.39, 0.29) is 36.4 Å². The molecule has 8 nitrogen and oxygen atoms in total. The molecule has 10 heteroatoms. The Labute approximate surface area is 195 Å². The molecule has 2 atom stereocenters. The Bertz CT molecular complexity index is 1010. The summed E-state index contributed by atoms with van der Waals surface area (Å²) in [6, 6.07) is 8.30. The number of nitrogens with zero attached hydrogens (tertiary/aromatic N) is 3. The van der Waals surface area contributed by atoms with Crippen molar-refractivity contribution >= 4 is 46.8 Å². The molecule has 2 fully saturated rings. The van der Waals surface area contributed by atoms with Crippen LogP contribution in [0.25, 0.3) is 0 Å². The van der Waals surface area contributed by atoms with Crippen molar-refractivity contribution in [3.05, 3.63) is 57.8 Å². The second-order valence-corrected chi connectivity index (χ2v) is 8.95. The van der Waals surface area contributed by atoms with Crippen LogP contribution < -0.4 is 5.32 Å². The second-order valence-electron chi connectivity index (χ2n) is 8.08. The molecule has 0 aliphatic carbocycles. The minimum Gasteiger partial charge on any atom is -0.445 e. The molecule has 2 saturated heterocycles. The average Bonchev–Trinajstić information content (AvgIpc) is 3.30. The highest BCUT2D eigenvalue weighted by molar-refractivity contribution is 6.34. The molecule has 2 aliphatic rings. The van der Waals surface area contributed by atoms with Crippen LogP contribution in [-0.2, 0) is 16.1 Å². The summed E-state index contributed by atoms with van der Waals surface area (Å²) in [6.07, 6.45) is 1.08. The Morgan fingerprint density at radius 2 is 1.66 bits per heavy atom. The highest BCUT2D eigenvalue weighted by Gasteiger charge is 2.43. The first-order valence-electron chi connectivity index (χ1n) is 10.2. The predicted octanol–water partition coefficient (Wildman–Crippen LogP) is 3.69. The molecule has 1 N–H and O–H groups in total. The molecule has 3 amide bonds. The zero-order valence-electron chi connectivity index (χ0n) is 17.4. The van der Waals surface area contributed by atoms with Gasteiger partial charge < -0.3 is 19.9 Å². The van der Waals surface area contributed by atoms with Gasteiger partial charge in [-0.1, -0.05) is 23.2 Å². The molecule has 3 heterocycles. The number of pyridine rings is 1. The highest BCUT2D eigenvalue weighted by Crippen LogP contribution is 2.32. The summed E-state index contributed by atoms with van der Waals surface area (Å²) in [4.78, 5) is 44.0. The zero-order chi connectivity index (χ0) is 22.8. The van der Waals surface area contributed by atoms with E-state index in [4.69, 9.17) is 27.9 Å². The first kappa shape index (κ1) is 22.4. The number of halogens is 2. The average molecular weight is 477 g/mol. The third-order valence-electron chi connectivity index (χ3n) is 5.62. The number of aromatic nitrogens is 1. The number of likely N-dealkylation sites (tertiary alicyclic amines) is 2. The predicted molar refractivity (Wildman–Crippen MR) is 120 cm³/mol. The topological polar surface area (TPSA) is 91.8 Å². The molecule has 0 spiro atoms. The van der Waals surface area contributed by atoms with Crippen LogP contribution in [0.4, 0.5) is 10.5 Å². The van der Waals surface area contributed by atoms with Crippen molar-refractivity contribution in [2.45, 2.75) is 13.5 Å². The van der Waals surface area contributed by atoms with Gasteiger partial charge in [-0.25, -0.2) is 9.78 Å². The number of carbonyl (C=O) groups is 3. The standard InChI is InChI=1S/C22H22Cl2N4O4/c1-13(29)26-19-2-3-20(25-7-19)21(30)27-8-15-10-28(11-16(15)9-27)22(31)32-12-14-4-17(23)6-18(24)5-14/h2-7,15-16H,8-12H2,1H3,(H,26,29). The third-order valence-corrected chi connectivity index (χ3v) is 6.06. The molecule has 4 rings (SSSR count). The lowest BCUT2D eigenvalue weighted by Crippen LogP contribution is -2.36. The number of ether oxygens (including phenoxy) is 1. The minimum atomic E-state index is -0.386.